The van der Waals surface area contributed by atoms with Crippen LogP contribution in [-0.4, -0.2) is 46.9 Å². The summed E-state index contributed by atoms with van der Waals surface area (Å²) in [5, 5.41) is 17.0. The molecule has 0 saturated carbocycles. The molecule has 0 aromatic rings. The molecule has 0 heterocycles. The number of esters is 1. The second-order valence-electron chi connectivity index (χ2n) is 4.37. The van der Waals surface area contributed by atoms with Gasteiger partial charge in [0.1, 0.15) is 13.2 Å². The van der Waals surface area contributed by atoms with Crippen molar-refractivity contribution in [1.82, 2.24) is 0 Å². The molecule has 0 fully saturated rings. The highest BCUT2D eigenvalue weighted by Crippen LogP contribution is 2.08. The average molecular weight is 274 g/mol. The zero-order valence-corrected chi connectivity index (χ0v) is 10.9. The molecule has 0 saturated heterocycles. The van der Waals surface area contributed by atoms with E-state index in [2.05, 4.69) is 0 Å². The number of hydrogen-bond donors (Lipinski definition) is 2. The van der Waals surface area contributed by atoms with Gasteiger partial charge in [-0.3, -0.25) is 19.2 Å². The van der Waals surface area contributed by atoms with Crippen LogP contribution >= 0.6 is 0 Å². The van der Waals surface area contributed by atoms with E-state index < -0.39 is 48.6 Å². The Morgan fingerprint density at radius 1 is 1.05 bits per heavy atom. The Morgan fingerprint density at radius 2 is 1.63 bits per heavy atom. The van der Waals surface area contributed by atoms with Gasteiger partial charge in [0.2, 0.25) is 0 Å². The van der Waals surface area contributed by atoms with Crippen LogP contribution < -0.4 is 0 Å². The standard InChI is InChI=1S/C12H18O7/c1-7(4-11(16)17)10(15)6-19-12(18)8(2)3-9(14)5-13/h7-8,13H,3-6H2,1-2H3,(H,16,17). The minimum atomic E-state index is -1.10. The van der Waals surface area contributed by atoms with Gasteiger partial charge in [-0.25, -0.2) is 0 Å². The van der Waals surface area contributed by atoms with Crippen molar-refractivity contribution in [3.8, 4) is 0 Å². The van der Waals surface area contributed by atoms with Crippen LogP contribution in [0.2, 0.25) is 0 Å². The highest BCUT2D eigenvalue weighted by atomic mass is 16.5. The first-order valence-electron chi connectivity index (χ1n) is 5.81. The molecule has 0 aliphatic rings. The molecule has 0 bridgehead atoms. The molecule has 0 aliphatic carbocycles. The van der Waals surface area contributed by atoms with E-state index in [1.807, 2.05) is 0 Å². The van der Waals surface area contributed by atoms with Crippen LogP contribution in [0.5, 0.6) is 0 Å². The van der Waals surface area contributed by atoms with Crippen LogP contribution in [0.4, 0.5) is 0 Å². The molecule has 0 radical (unpaired) electrons. The number of aliphatic hydroxyl groups excluding tert-OH is 1. The Morgan fingerprint density at radius 3 is 2.11 bits per heavy atom. The van der Waals surface area contributed by atoms with Crippen molar-refractivity contribution in [3.63, 3.8) is 0 Å². The van der Waals surface area contributed by atoms with E-state index >= 15 is 0 Å². The molecule has 0 aromatic carbocycles. The number of carboxylic acids is 1. The predicted molar refractivity (Wildman–Crippen MR) is 63.3 cm³/mol. The highest BCUT2D eigenvalue weighted by Gasteiger charge is 2.21. The fourth-order valence-electron chi connectivity index (χ4n) is 1.29. The highest BCUT2D eigenvalue weighted by molar-refractivity contribution is 5.88. The minimum absolute atomic E-state index is 0.159. The van der Waals surface area contributed by atoms with Gasteiger partial charge in [-0.1, -0.05) is 13.8 Å². The van der Waals surface area contributed by atoms with Gasteiger partial charge in [-0.2, -0.15) is 0 Å². The van der Waals surface area contributed by atoms with Crippen LogP contribution in [-0.2, 0) is 23.9 Å². The lowest BCUT2D eigenvalue weighted by molar-refractivity contribution is -0.154. The summed E-state index contributed by atoms with van der Waals surface area (Å²) in [5.74, 6) is -4.29. The van der Waals surface area contributed by atoms with Crippen molar-refractivity contribution in [2.24, 2.45) is 11.8 Å². The maximum Gasteiger partial charge on any atom is 0.309 e. The van der Waals surface area contributed by atoms with Crippen molar-refractivity contribution in [2.45, 2.75) is 26.7 Å². The quantitative estimate of drug-likeness (QED) is 0.559. The van der Waals surface area contributed by atoms with E-state index in [0.717, 1.165) is 0 Å². The molecule has 0 rings (SSSR count). The van der Waals surface area contributed by atoms with Crippen molar-refractivity contribution in [3.05, 3.63) is 0 Å². The first-order valence-corrected chi connectivity index (χ1v) is 5.81. The third-order valence-electron chi connectivity index (χ3n) is 2.50. The molecule has 2 N–H and O–H groups in total. The van der Waals surface area contributed by atoms with Gasteiger partial charge in [-0.05, 0) is 0 Å². The number of hydrogen-bond acceptors (Lipinski definition) is 6. The van der Waals surface area contributed by atoms with E-state index in [0.29, 0.717) is 0 Å². The fourth-order valence-corrected chi connectivity index (χ4v) is 1.29. The summed E-state index contributed by atoms with van der Waals surface area (Å²) in [6, 6.07) is 0. The van der Waals surface area contributed by atoms with Crippen molar-refractivity contribution >= 4 is 23.5 Å². The lowest BCUT2D eigenvalue weighted by Gasteiger charge is -2.11. The molecule has 0 amide bonds. The number of aliphatic carboxylic acids is 1. The van der Waals surface area contributed by atoms with Gasteiger partial charge >= 0.3 is 11.9 Å². The number of carbonyl (C=O) groups is 4. The number of carbonyl (C=O) groups excluding carboxylic acids is 3. The van der Waals surface area contributed by atoms with E-state index in [1.54, 1.807) is 0 Å². The lowest BCUT2D eigenvalue weighted by atomic mass is 10.0. The zero-order valence-electron chi connectivity index (χ0n) is 10.9. The molecule has 7 heteroatoms. The molecule has 0 aliphatic heterocycles. The van der Waals surface area contributed by atoms with Crippen molar-refractivity contribution in [2.75, 3.05) is 13.2 Å². The number of Topliss-reactive ketones (excluding diaryl/α,β-unsaturated/α-hetero) is 2. The number of ether oxygens (including phenoxy) is 1. The summed E-state index contributed by atoms with van der Waals surface area (Å²) in [6.07, 6.45) is -0.483. The number of aliphatic hydroxyl groups is 1. The van der Waals surface area contributed by atoms with Gasteiger partial charge in [0.15, 0.2) is 11.6 Å². The molecule has 2 atom stereocenters. The summed E-state index contributed by atoms with van der Waals surface area (Å²) in [4.78, 5) is 44.2. The monoisotopic (exact) mass is 274 g/mol. The second kappa shape index (κ2) is 8.36. The maximum absolute atomic E-state index is 11.4. The van der Waals surface area contributed by atoms with Gasteiger partial charge < -0.3 is 14.9 Å². The van der Waals surface area contributed by atoms with Crippen LogP contribution in [0.15, 0.2) is 0 Å². The average Bonchev–Trinajstić information content (AvgIpc) is 2.34. The lowest BCUT2D eigenvalue weighted by Crippen LogP contribution is -2.25. The largest absolute Gasteiger partial charge is 0.481 e. The Labute approximate surface area is 110 Å². The molecule has 0 spiro atoms. The smallest absolute Gasteiger partial charge is 0.309 e. The third kappa shape index (κ3) is 7.30. The third-order valence-corrected chi connectivity index (χ3v) is 2.50. The summed E-state index contributed by atoms with van der Waals surface area (Å²) >= 11 is 0. The molecular weight excluding hydrogens is 256 g/mol. The van der Waals surface area contributed by atoms with Crippen LogP contribution in [0.1, 0.15) is 26.7 Å². The second-order valence-corrected chi connectivity index (χ2v) is 4.37. The summed E-state index contributed by atoms with van der Waals surface area (Å²) in [5.41, 5.74) is 0. The Bertz CT molecular complexity index is 361. The predicted octanol–water partition coefficient (Wildman–Crippen LogP) is -0.203. The van der Waals surface area contributed by atoms with Crippen LogP contribution in [0.3, 0.4) is 0 Å². The minimum Gasteiger partial charge on any atom is -0.481 e. The van der Waals surface area contributed by atoms with Crippen LogP contribution in [0.25, 0.3) is 0 Å². The molecular formula is C12H18O7. The van der Waals surface area contributed by atoms with Gasteiger partial charge in [0.05, 0.1) is 12.3 Å². The van der Waals surface area contributed by atoms with Crippen molar-refractivity contribution < 1.29 is 34.1 Å². The number of ketones is 2. The SMILES string of the molecule is CC(CC(=O)O)C(=O)COC(=O)C(C)CC(=O)CO. The Balaban J connectivity index is 4.11. The fraction of sp³-hybridized carbons (Fsp3) is 0.667. The summed E-state index contributed by atoms with van der Waals surface area (Å²) in [6.45, 7) is 1.72. The first-order chi connectivity index (χ1) is 8.77. The number of carboxylic acid groups (broad SMARTS) is 1. The molecule has 2 unspecified atom stereocenters. The molecule has 19 heavy (non-hydrogen) atoms. The van der Waals surface area contributed by atoms with Gasteiger partial charge in [0.25, 0.3) is 0 Å². The van der Waals surface area contributed by atoms with Crippen molar-refractivity contribution in [1.29, 1.82) is 0 Å². The Hall–Kier alpha value is -1.76. The van der Waals surface area contributed by atoms with E-state index in [4.69, 9.17) is 14.9 Å². The topological polar surface area (TPSA) is 118 Å². The maximum atomic E-state index is 11.4. The summed E-state index contributed by atoms with van der Waals surface area (Å²) in [7, 11) is 0. The van der Waals surface area contributed by atoms with Gasteiger partial charge in [0, 0.05) is 12.3 Å². The first kappa shape index (κ1) is 17.2. The van der Waals surface area contributed by atoms with E-state index in [-0.39, 0.29) is 12.8 Å². The molecule has 108 valence electrons. The summed E-state index contributed by atoms with van der Waals surface area (Å²) < 4.78 is 4.70. The van der Waals surface area contributed by atoms with E-state index in [1.165, 1.54) is 13.8 Å². The molecule has 7 nitrogen and oxygen atoms in total. The van der Waals surface area contributed by atoms with Gasteiger partial charge in [-0.15, -0.1) is 0 Å². The van der Waals surface area contributed by atoms with E-state index in [9.17, 15) is 19.2 Å². The van der Waals surface area contributed by atoms with Crippen LogP contribution in [0, 0.1) is 11.8 Å². The number of rotatable bonds is 9. The molecule has 0 aromatic heterocycles. The normalized spacial score (nSPS) is 13.4. The zero-order chi connectivity index (χ0) is 15.0. The Kier molecular flexibility index (Phi) is 7.59.